The zero-order chi connectivity index (χ0) is 13.1. The first kappa shape index (κ1) is 11.6. The summed E-state index contributed by atoms with van der Waals surface area (Å²) in [5, 5.41) is 8.58. The highest BCUT2D eigenvalue weighted by Crippen LogP contribution is 2.22. The van der Waals surface area contributed by atoms with Crippen molar-refractivity contribution in [1.29, 1.82) is 0 Å². The maximum Gasteiger partial charge on any atom is 0.170 e. The molecule has 4 heteroatoms. The fraction of sp³-hybridized carbons (Fsp3) is 0.133. The van der Waals surface area contributed by atoms with E-state index in [1.807, 2.05) is 36.5 Å². The van der Waals surface area contributed by atoms with Crippen molar-refractivity contribution in [1.82, 2.24) is 19.7 Å². The van der Waals surface area contributed by atoms with Gasteiger partial charge in [0.15, 0.2) is 5.82 Å². The third kappa shape index (κ3) is 2.12. The van der Waals surface area contributed by atoms with Crippen LogP contribution >= 0.6 is 0 Å². The van der Waals surface area contributed by atoms with Crippen LogP contribution in [0.1, 0.15) is 12.7 Å². The zero-order valence-corrected chi connectivity index (χ0v) is 10.7. The van der Waals surface area contributed by atoms with Gasteiger partial charge in [-0.25, -0.2) is 0 Å². The third-order valence-electron chi connectivity index (χ3n) is 2.98. The minimum atomic E-state index is 0.830. The van der Waals surface area contributed by atoms with Gasteiger partial charge in [-0.05, 0) is 24.3 Å². The summed E-state index contributed by atoms with van der Waals surface area (Å²) in [5.41, 5.74) is 2.04. The van der Waals surface area contributed by atoms with E-state index in [0.717, 1.165) is 29.3 Å². The van der Waals surface area contributed by atoms with Gasteiger partial charge in [0.2, 0.25) is 0 Å². The molecule has 0 aliphatic carbocycles. The molecule has 94 valence electrons. The summed E-state index contributed by atoms with van der Waals surface area (Å²) in [6, 6.07) is 14.1. The summed E-state index contributed by atoms with van der Waals surface area (Å²) in [6.07, 6.45) is 4.40. The van der Waals surface area contributed by atoms with Gasteiger partial charge >= 0.3 is 0 Å². The molecule has 0 aliphatic rings. The lowest BCUT2D eigenvalue weighted by molar-refractivity contribution is 0.884. The van der Waals surface area contributed by atoms with Gasteiger partial charge < -0.3 is 0 Å². The van der Waals surface area contributed by atoms with Gasteiger partial charge in [-0.1, -0.05) is 25.1 Å². The van der Waals surface area contributed by atoms with E-state index in [-0.39, 0.29) is 0 Å². The Morgan fingerprint density at radius 2 is 1.84 bits per heavy atom. The smallest absolute Gasteiger partial charge is 0.170 e. The van der Waals surface area contributed by atoms with Crippen LogP contribution in [0.25, 0.3) is 17.1 Å². The minimum absolute atomic E-state index is 0.830. The average molecular weight is 250 g/mol. The van der Waals surface area contributed by atoms with Crippen molar-refractivity contribution in [3.05, 3.63) is 60.7 Å². The summed E-state index contributed by atoms with van der Waals surface area (Å²) in [5.74, 6) is 1.78. The van der Waals surface area contributed by atoms with Crippen LogP contribution in [-0.2, 0) is 6.42 Å². The molecular formula is C15H14N4. The Morgan fingerprint density at radius 1 is 1.00 bits per heavy atom. The standard InChI is InChI=1S/C15H14N4/c1-2-14-17-18-15(12-7-6-10-16-11-12)19(14)13-8-4-3-5-9-13/h3-11H,2H2,1H3. The molecule has 3 aromatic rings. The van der Waals surface area contributed by atoms with E-state index in [1.165, 1.54) is 0 Å². The van der Waals surface area contributed by atoms with Crippen molar-refractivity contribution in [2.45, 2.75) is 13.3 Å². The van der Waals surface area contributed by atoms with E-state index in [9.17, 15) is 0 Å². The molecule has 0 aliphatic heterocycles. The van der Waals surface area contributed by atoms with Crippen molar-refractivity contribution in [3.8, 4) is 17.1 Å². The first-order valence-corrected chi connectivity index (χ1v) is 6.30. The quantitative estimate of drug-likeness (QED) is 0.718. The number of para-hydroxylation sites is 1. The minimum Gasteiger partial charge on any atom is -0.279 e. The maximum absolute atomic E-state index is 4.31. The van der Waals surface area contributed by atoms with E-state index in [1.54, 1.807) is 6.20 Å². The number of hydrogen-bond donors (Lipinski definition) is 0. The molecule has 0 saturated carbocycles. The van der Waals surface area contributed by atoms with Crippen molar-refractivity contribution in [2.24, 2.45) is 0 Å². The second-order valence-electron chi connectivity index (χ2n) is 4.21. The molecule has 3 rings (SSSR count). The van der Waals surface area contributed by atoms with Gasteiger partial charge in [0.05, 0.1) is 0 Å². The van der Waals surface area contributed by atoms with E-state index in [0.29, 0.717) is 0 Å². The van der Waals surface area contributed by atoms with Gasteiger partial charge in [0.25, 0.3) is 0 Å². The molecule has 0 saturated heterocycles. The summed E-state index contributed by atoms with van der Waals surface area (Å²) < 4.78 is 2.08. The lowest BCUT2D eigenvalue weighted by atomic mass is 10.2. The fourth-order valence-electron chi connectivity index (χ4n) is 2.08. The largest absolute Gasteiger partial charge is 0.279 e. The SMILES string of the molecule is CCc1nnc(-c2cccnc2)n1-c1ccccc1. The highest BCUT2D eigenvalue weighted by Gasteiger charge is 2.13. The molecule has 0 unspecified atom stereocenters. The molecule has 0 bridgehead atoms. The average Bonchev–Trinajstić information content (AvgIpc) is 2.93. The number of pyridine rings is 1. The molecule has 1 aromatic carbocycles. The molecule has 0 N–H and O–H groups in total. The highest BCUT2D eigenvalue weighted by molar-refractivity contribution is 5.57. The fourth-order valence-corrected chi connectivity index (χ4v) is 2.08. The molecule has 0 amide bonds. The first-order valence-electron chi connectivity index (χ1n) is 6.30. The Morgan fingerprint density at radius 3 is 2.53 bits per heavy atom. The van der Waals surface area contributed by atoms with Crippen molar-refractivity contribution >= 4 is 0 Å². The van der Waals surface area contributed by atoms with Crippen molar-refractivity contribution in [3.63, 3.8) is 0 Å². The summed E-state index contributed by atoms with van der Waals surface area (Å²) >= 11 is 0. The Hall–Kier alpha value is -2.49. The Labute approximate surface area is 111 Å². The molecule has 2 aromatic heterocycles. The molecule has 0 atom stereocenters. The summed E-state index contributed by atoms with van der Waals surface area (Å²) in [4.78, 5) is 4.15. The molecule has 0 spiro atoms. The second kappa shape index (κ2) is 5.02. The third-order valence-corrected chi connectivity index (χ3v) is 2.98. The lowest BCUT2D eigenvalue weighted by Gasteiger charge is -2.09. The predicted octanol–water partition coefficient (Wildman–Crippen LogP) is 2.89. The van der Waals surface area contributed by atoms with E-state index in [2.05, 4.69) is 38.8 Å². The van der Waals surface area contributed by atoms with Gasteiger partial charge in [0, 0.05) is 30.1 Å². The van der Waals surface area contributed by atoms with E-state index in [4.69, 9.17) is 0 Å². The highest BCUT2D eigenvalue weighted by atomic mass is 15.3. The van der Waals surface area contributed by atoms with Gasteiger partial charge in [-0.2, -0.15) is 0 Å². The number of aromatic nitrogens is 4. The monoisotopic (exact) mass is 250 g/mol. The summed E-state index contributed by atoms with van der Waals surface area (Å²) in [6.45, 7) is 2.08. The van der Waals surface area contributed by atoms with Crippen molar-refractivity contribution in [2.75, 3.05) is 0 Å². The van der Waals surface area contributed by atoms with Crippen LogP contribution < -0.4 is 0 Å². The topological polar surface area (TPSA) is 43.6 Å². The molecule has 4 nitrogen and oxygen atoms in total. The maximum atomic E-state index is 4.31. The number of nitrogens with zero attached hydrogens (tertiary/aromatic N) is 4. The van der Waals surface area contributed by atoms with E-state index < -0.39 is 0 Å². The van der Waals surface area contributed by atoms with Crippen LogP contribution in [0.5, 0.6) is 0 Å². The number of hydrogen-bond acceptors (Lipinski definition) is 3. The van der Waals surface area contributed by atoms with Crippen LogP contribution in [-0.4, -0.2) is 19.7 Å². The molecule has 19 heavy (non-hydrogen) atoms. The molecule has 2 heterocycles. The second-order valence-corrected chi connectivity index (χ2v) is 4.21. The number of benzene rings is 1. The Kier molecular flexibility index (Phi) is 3.06. The first-order chi connectivity index (χ1) is 9.40. The zero-order valence-electron chi connectivity index (χ0n) is 10.7. The summed E-state index contributed by atoms with van der Waals surface area (Å²) in [7, 11) is 0. The number of aryl methyl sites for hydroxylation is 1. The van der Waals surface area contributed by atoms with E-state index >= 15 is 0 Å². The van der Waals surface area contributed by atoms with Gasteiger partial charge in [-0.15, -0.1) is 10.2 Å². The molecule has 0 fully saturated rings. The van der Waals surface area contributed by atoms with Crippen LogP contribution in [0.3, 0.4) is 0 Å². The van der Waals surface area contributed by atoms with Gasteiger partial charge in [-0.3, -0.25) is 9.55 Å². The number of rotatable bonds is 3. The van der Waals surface area contributed by atoms with Crippen LogP contribution in [0.4, 0.5) is 0 Å². The van der Waals surface area contributed by atoms with Crippen LogP contribution in [0, 0.1) is 0 Å². The van der Waals surface area contributed by atoms with Crippen LogP contribution in [0.15, 0.2) is 54.9 Å². The molecule has 0 radical (unpaired) electrons. The van der Waals surface area contributed by atoms with Crippen molar-refractivity contribution < 1.29 is 0 Å². The lowest BCUT2D eigenvalue weighted by Crippen LogP contribution is -2.02. The van der Waals surface area contributed by atoms with Crippen LogP contribution in [0.2, 0.25) is 0 Å². The molecular weight excluding hydrogens is 236 g/mol. The normalized spacial score (nSPS) is 10.6. The Bertz CT molecular complexity index is 659. The Balaban J connectivity index is 2.20. The predicted molar refractivity (Wildman–Crippen MR) is 74.0 cm³/mol. The van der Waals surface area contributed by atoms with Gasteiger partial charge in [0.1, 0.15) is 5.82 Å².